The van der Waals surface area contributed by atoms with Crippen molar-refractivity contribution in [1.29, 1.82) is 0 Å². The van der Waals surface area contributed by atoms with Gasteiger partial charge in [-0.3, -0.25) is 0 Å². The Kier molecular flexibility index (Phi) is 7.98. The fourth-order valence-corrected chi connectivity index (χ4v) is 4.58. The van der Waals surface area contributed by atoms with E-state index >= 15 is 0 Å². The van der Waals surface area contributed by atoms with E-state index in [0.717, 1.165) is 41.3 Å². The minimum atomic E-state index is -0.353. The molecule has 38 heavy (non-hydrogen) atoms. The van der Waals surface area contributed by atoms with Crippen LogP contribution in [0.5, 0.6) is 0 Å². The number of morpholine rings is 1. The van der Waals surface area contributed by atoms with Crippen LogP contribution < -0.4 is 15.5 Å². The molecule has 1 saturated heterocycles. The number of nitrogens with zero attached hydrogens (tertiary/aromatic N) is 4. The summed E-state index contributed by atoms with van der Waals surface area (Å²) in [5.41, 5.74) is 4.34. The average Bonchev–Trinajstić information content (AvgIpc) is 2.96. The number of ether oxygens (including phenoxy) is 2. The fraction of sp³-hybridized carbons (Fsp3) is 0.357. The van der Waals surface area contributed by atoms with Crippen molar-refractivity contribution in [3.8, 4) is 11.4 Å². The van der Waals surface area contributed by atoms with Gasteiger partial charge in [-0.2, -0.15) is 0 Å². The second-order valence-corrected chi connectivity index (χ2v) is 9.17. The number of carbonyl (C=O) groups excluding carboxylic acids is 2. The van der Waals surface area contributed by atoms with Crippen LogP contribution in [-0.4, -0.2) is 66.4 Å². The van der Waals surface area contributed by atoms with Crippen LogP contribution in [0.25, 0.3) is 11.4 Å². The first-order chi connectivity index (χ1) is 18.6. The molecule has 0 aliphatic carbocycles. The molecular weight excluding hydrogens is 484 g/mol. The topological polar surface area (TPSA) is 109 Å². The summed E-state index contributed by atoms with van der Waals surface area (Å²) in [6.07, 6.45) is 0.298. The lowest BCUT2D eigenvalue weighted by molar-refractivity contribution is 0.0912. The molecule has 1 aromatic heterocycles. The molecule has 10 heteroatoms. The Labute approximate surface area is 222 Å². The Balaban J connectivity index is 1.38. The van der Waals surface area contributed by atoms with E-state index in [0.29, 0.717) is 50.8 Å². The molecule has 0 bridgehead atoms. The van der Waals surface area contributed by atoms with Crippen LogP contribution in [0.4, 0.5) is 21.1 Å². The highest BCUT2D eigenvalue weighted by Gasteiger charge is 2.29. The van der Waals surface area contributed by atoms with Crippen molar-refractivity contribution >= 4 is 23.6 Å². The summed E-state index contributed by atoms with van der Waals surface area (Å²) in [6, 6.07) is 16.8. The van der Waals surface area contributed by atoms with Gasteiger partial charge in [0.05, 0.1) is 25.5 Å². The number of rotatable bonds is 6. The van der Waals surface area contributed by atoms with Crippen LogP contribution in [0.3, 0.4) is 0 Å². The summed E-state index contributed by atoms with van der Waals surface area (Å²) in [7, 11) is 0. The summed E-state index contributed by atoms with van der Waals surface area (Å²) < 4.78 is 11.1. The highest BCUT2D eigenvalue weighted by Crippen LogP contribution is 2.30. The largest absolute Gasteiger partial charge is 0.445 e. The van der Waals surface area contributed by atoms with E-state index in [1.807, 2.05) is 61.5 Å². The van der Waals surface area contributed by atoms with Crippen molar-refractivity contribution in [3.63, 3.8) is 0 Å². The Morgan fingerprint density at radius 1 is 1.00 bits per heavy atom. The number of amides is 3. The standard InChI is InChI=1S/C28H32N6O4/c1-2-29-27(35)30-22-10-8-21(9-11-22)25-31-24-18-34(28(36)38-19-20-6-4-3-5-7-20)13-12-23(24)26(32-25)33-14-16-37-17-15-33/h3-11H,2,12-19H2,1H3,(H2,29,30,35). The zero-order valence-electron chi connectivity index (χ0n) is 21.5. The van der Waals surface area contributed by atoms with E-state index < -0.39 is 0 Å². The molecule has 2 aliphatic rings. The minimum Gasteiger partial charge on any atom is -0.445 e. The second-order valence-electron chi connectivity index (χ2n) is 9.17. The van der Waals surface area contributed by atoms with Gasteiger partial charge >= 0.3 is 12.1 Å². The van der Waals surface area contributed by atoms with E-state index in [1.54, 1.807) is 4.90 Å². The number of hydrogen-bond acceptors (Lipinski definition) is 7. The molecule has 198 valence electrons. The van der Waals surface area contributed by atoms with Gasteiger partial charge in [0.1, 0.15) is 12.4 Å². The number of urea groups is 1. The third-order valence-corrected chi connectivity index (χ3v) is 6.56. The molecule has 2 aliphatic heterocycles. The van der Waals surface area contributed by atoms with Crippen LogP contribution in [0.2, 0.25) is 0 Å². The Hall–Kier alpha value is -4.18. The summed E-state index contributed by atoms with van der Waals surface area (Å²) in [5.74, 6) is 1.48. The van der Waals surface area contributed by atoms with Crippen molar-refractivity contribution in [3.05, 3.63) is 71.4 Å². The summed E-state index contributed by atoms with van der Waals surface area (Å²) in [5, 5.41) is 5.52. The molecule has 0 spiro atoms. The zero-order chi connectivity index (χ0) is 26.3. The zero-order valence-corrected chi connectivity index (χ0v) is 21.5. The third-order valence-electron chi connectivity index (χ3n) is 6.56. The Bertz CT molecular complexity index is 1260. The Morgan fingerprint density at radius 3 is 2.50 bits per heavy atom. The molecule has 0 unspecified atom stereocenters. The van der Waals surface area contributed by atoms with Crippen molar-refractivity contribution < 1.29 is 19.1 Å². The predicted octanol–water partition coefficient (Wildman–Crippen LogP) is 3.82. The fourth-order valence-electron chi connectivity index (χ4n) is 4.58. The van der Waals surface area contributed by atoms with Gasteiger partial charge in [-0.05, 0) is 43.2 Å². The van der Waals surface area contributed by atoms with Crippen LogP contribution in [0.1, 0.15) is 23.7 Å². The quantitative estimate of drug-likeness (QED) is 0.513. The monoisotopic (exact) mass is 516 g/mol. The van der Waals surface area contributed by atoms with Gasteiger partial charge in [-0.1, -0.05) is 30.3 Å². The maximum absolute atomic E-state index is 12.9. The van der Waals surface area contributed by atoms with Crippen LogP contribution in [0.15, 0.2) is 54.6 Å². The smallest absolute Gasteiger partial charge is 0.410 e. The number of nitrogens with one attached hydrogen (secondary N) is 2. The first-order valence-electron chi connectivity index (χ1n) is 12.9. The highest BCUT2D eigenvalue weighted by molar-refractivity contribution is 5.89. The van der Waals surface area contributed by atoms with Gasteiger partial charge in [0.2, 0.25) is 0 Å². The summed E-state index contributed by atoms with van der Waals surface area (Å²) in [4.78, 5) is 38.5. The van der Waals surface area contributed by atoms with E-state index in [-0.39, 0.29) is 18.7 Å². The summed E-state index contributed by atoms with van der Waals surface area (Å²) in [6.45, 7) is 6.34. The lowest BCUT2D eigenvalue weighted by Gasteiger charge is -2.34. The van der Waals surface area contributed by atoms with E-state index in [4.69, 9.17) is 19.4 Å². The van der Waals surface area contributed by atoms with Gasteiger partial charge in [0.15, 0.2) is 5.82 Å². The first-order valence-corrected chi connectivity index (χ1v) is 12.9. The number of carbonyl (C=O) groups is 2. The number of anilines is 2. The molecule has 10 nitrogen and oxygen atoms in total. The molecule has 3 heterocycles. The predicted molar refractivity (Wildman–Crippen MR) is 144 cm³/mol. The molecule has 0 atom stereocenters. The number of aromatic nitrogens is 2. The van der Waals surface area contributed by atoms with Crippen molar-refractivity contribution in [1.82, 2.24) is 20.2 Å². The third kappa shape index (κ3) is 6.03. The lowest BCUT2D eigenvalue weighted by Crippen LogP contribution is -2.41. The average molecular weight is 517 g/mol. The van der Waals surface area contributed by atoms with E-state index in [9.17, 15) is 9.59 Å². The molecule has 3 amide bonds. The molecule has 0 saturated carbocycles. The molecule has 2 N–H and O–H groups in total. The van der Waals surface area contributed by atoms with Gasteiger partial charge in [-0.25, -0.2) is 19.6 Å². The maximum Gasteiger partial charge on any atom is 0.410 e. The van der Waals surface area contributed by atoms with Crippen molar-refractivity contribution in [2.75, 3.05) is 49.6 Å². The van der Waals surface area contributed by atoms with Crippen LogP contribution in [-0.2, 0) is 29.0 Å². The second kappa shape index (κ2) is 11.9. The molecular formula is C28H32N6O4. The number of fused-ring (bicyclic) bond motifs is 1. The molecule has 1 fully saturated rings. The van der Waals surface area contributed by atoms with Gasteiger partial charge < -0.3 is 29.9 Å². The van der Waals surface area contributed by atoms with Gasteiger partial charge in [-0.15, -0.1) is 0 Å². The summed E-state index contributed by atoms with van der Waals surface area (Å²) >= 11 is 0. The lowest BCUT2D eigenvalue weighted by atomic mass is 10.0. The van der Waals surface area contributed by atoms with Crippen LogP contribution >= 0.6 is 0 Å². The number of benzene rings is 2. The van der Waals surface area contributed by atoms with Gasteiger partial charge in [0.25, 0.3) is 0 Å². The van der Waals surface area contributed by atoms with Gasteiger partial charge in [0, 0.05) is 43.0 Å². The molecule has 3 aromatic rings. The first kappa shape index (κ1) is 25.5. The highest BCUT2D eigenvalue weighted by atomic mass is 16.6. The maximum atomic E-state index is 12.9. The molecule has 0 radical (unpaired) electrons. The minimum absolute atomic E-state index is 0.230. The molecule has 5 rings (SSSR count). The van der Waals surface area contributed by atoms with Crippen LogP contribution in [0, 0.1) is 0 Å². The van der Waals surface area contributed by atoms with Crippen molar-refractivity contribution in [2.24, 2.45) is 0 Å². The van der Waals surface area contributed by atoms with Crippen molar-refractivity contribution in [2.45, 2.75) is 26.5 Å². The normalized spacial score (nSPS) is 15.0. The number of hydrogen-bond donors (Lipinski definition) is 2. The molecule has 2 aromatic carbocycles. The SMILES string of the molecule is CCNC(=O)Nc1ccc(-c2nc3c(c(N4CCOCC4)n2)CCN(C(=O)OCc2ccccc2)C3)cc1. The Morgan fingerprint density at radius 2 is 1.76 bits per heavy atom. The van der Waals surface area contributed by atoms with E-state index in [1.165, 1.54) is 0 Å². The van der Waals surface area contributed by atoms with E-state index in [2.05, 4.69) is 15.5 Å².